The minimum Gasteiger partial charge on any atom is -0.473 e. The van der Waals surface area contributed by atoms with Gasteiger partial charge in [-0.15, -0.1) is 0 Å². The van der Waals surface area contributed by atoms with Gasteiger partial charge >= 0.3 is 5.97 Å². The van der Waals surface area contributed by atoms with Crippen LogP contribution in [0.1, 0.15) is 86.2 Å². The van der Waals surface area contributed by atoms with Gasteiger partial charge in [0, 0.05) is 41.3 Å². The Morgan fingerprint density at radius 2 is 1.84 bits per heavy atom. The van der Waals surface area contributed by atoms with Crippen LogP contribution in [0.5, 0.6) is 5.88 Å². The summed E-state index contributed by atoms with van der Waals surface area (Å²) in [7, 11) is 0. The second-order valence-electron chi connectivity index (χ2n) is 13.0. The number of carbonyl (C=O) groups is 1. The zero-order chi connectivity index (χ0) is 30.8. The van der Waals surface area contributed by atoms with Gasteiger partial charge < -0.3 is 18.8 Å². The zero-order valence-electron chi connectivity index (χ0n) is 25.5. The van der Waals surface area contributed by atoms with E-state index >= 15 is 0 Å². The molecule has 1 saturated carbocycles. The summed E-state index contributed by atoms with van der Waals surface area (Å²) in [5.41, 5.74) is 3.27. The van der Waals surface area contributed by atoms with Crippen molar-refractivity contribution in [2.45, 2.75) is 90.1 Å². The van der Waals surface area contributed by atoms with E-state index in [2.05, 4.69) is 10.6 Å². The molecule has 0 bridgehead atoms. The van der Waals surface area contributed by atoms with E-state index in [0.29, 0.717) is 33.9 Å². The van der Waals surface area contributed by atoms with Crippen molar-refractivity contribution in [2.75, 3.05) is 6.61 Å². The second kappa shape index (κ2) is 12.9. The molecule has 0 N–H and O–H groups in total. The molecule has 1 aliphatic carbocycles. The monoisotopic (exact) mass is 619 g/mol. The van der Waals surface area contributed by atoms with Crippen molar-refractivity contribution in [3.8, 4) is 5.88 Å². The summed E-state index contributed by atoms with van der Waals surface area (Å²) in [6.07, 6.45) is 6.27. The molecule has 0 radical (unpaired) electrons. The molecule has 4 aromatic rings. The molecule has 3 heterocycles. The van der Waals surface area contributed by atoms with Gasteiger partial charge in [-0.25, -0.2) is 19.2 Å². The third-order valence-corrected chi connectivity index (χ3v) is 8.75. The summed E-state index contributed by atoms with van der Waals surface area (Å²) >= 11 is 5.87. The molecule has 0 amide bonds. The number of imidazole rings is 1. The Hall–Kier alpha value is -3.49. The first-order valence-electron chi connectivity index (χ1n) is 15.5. The molecule has 7 nitrogen and oxygen atoms in total. The molecule has 232 valence electrons. The Kier molecular flexibility index (Phi) is 8.92. The van der Waals surface area contributed by atoms with E-state index < -0.39 is 5.60 Å². The molecule has 2 aliphatic rings. The summed E-state index contributed by atoms with van der Waals surface area (Å²) < 4.78 is 33.7. The number of ether oxygens (including phenoxy) is 3. The lowest BCUT2D eigenvalue weighted by atomic mass is 9.79. The fourth-order valence-corrected chi connectivity index (χ4v) is 6.24. The van der Waals surface area contributed by atoms with Crippen LogP contribution in [-0.2, 0) is 29.0 Å². The topological polar surface area (TPSA) is 75.5 Å². The van der Waals surface area contributed by atoms with Crippen LogP contribution >= 0.6 is 11.6 Å². The quantitative estimate of drug-likeness (QED) is 0.176. The number of nitrogens with zero attached hydrogens (tertiary/aromatic N) is 3. The van der Waals surface area contributed by atoms with Gasteiger partial charge in [0.15, 0.2) is 0 Å². The van der Waals surface area contributed by atoms with Gasteiger partial charge in [-0.1, -0.05) is 23.7 Å². The number of rotatable bonds is 9. The highest BCUT2D eigenvalue weighted by Crippen LogP contribution is 2.37. The molecule has 2 aromatic carbocycles. The van der Waals surface area contributed by atoms with Crippen molar-refractivity contribution in [1.82, 2.24) is 14.5 Å². The highest BCUT2D eigenvalue weighted by molar-refractivity contribution is 6.30. The molecule has 6 rings (SSSR count). The third kappa shape index (κ3) is 7.24. The van der Waals surface area contributed by atoms with Crippen LogP contribution in [0.15, 0.2) is 54.6 Å². The molecule has 2 aromatic heterocycles. The maximum absolute atomic E-state index is 14.2. The van der Waals surface area contributed by atoms with Gasteiger partial charge in [0.1, 0.15) is 23.8 Å². The number of benzene rings is 2. The molecular weight excluding hydrogens is 581 g/mol. The van der Waals surface area contributed by atoms with Gasteiger partial charge in [0.25, 0.3) is 0 Å². The minimum absolute atomic E-state index is 0.0956. The Bertz CT molecular complexity index is 1640. The zero-order valence-corrected chi connectivity index (χ0v) is 26.3. The number of fused-ring (bicyclic) bond motifs is 1. The van der Waals surface area contributed by atoms with Crippen LogP contribution in [0.4, 0.5) is 4.39 Å². The summed E-state index contributed by atoms with van der Waals surface area (Å²) in [5.74, 6) is 1.68. The number of esters is 1. The molecule has 44 heavy (non-hydrogen) atoms. The lowest BCUT2D eigenvalue weighted by molar-refractivity contribution is -0.0590. The average Bonchev–Trinajstić information content (AvgIpc) is 3.30. The number of carbonyl (C=O) groups excluding carboxylic acids is 1. The normalized spacial score (nSPS) is 20.3. The SMILES string of the molecule is CC(C)(C)OC(=O)c1ccc2nc(CC3CCC(c4cccc(OCc5ccc(Cl)cc5F)n4)CC3)n(C[C@@H]3CCO3)c2c1. The fraction of sp³-hybridized carbons (Fsp3) is 0.457. The number of aromatic nitrogens is 3. The molecule has 0 spiro atoms. The van der Waals surface area contributed by atoms with Gasteiger partial charge in [-0.05, 0) is 95.2 Å². The lowest BCUT2D eigenvalue weighted by Crippen LogP contribution is -2.32. The Morgan fingerprint density at radius 3 is 2.55 bits per heavy atom. The Balaban J connectivity index is 1.12. The van der Waals surface area contributed by atoms with Gasteiger partial charge in [0.2, 0.25) is 5.88 Å². The van der Waals surface area contributed by atoms with Crippen molar-refractivity contribution in [3.63, 3.8) is 0 Å². The van der Waals surface area contributed by atoms with Gasteiger partial charge in [-0.2, -0.15) is 0 Å². The summed E-state index contributed by atoms with van der Waals surface area (Å²) in [6.45, 7) is 7.24. The first-order chi connectivity index (χ1) is 21.1. The molecule has 9 heteroatoms. The summed E-state index contributed by atoms with van der Waals surface area (Å²) in [5, 5.41) is 0.360. The molecule has 1 saturated heterocycles. The Morgan fingerprint density at radius 1 is 1.05 bits per heavy atom. The van der Waals surface area contributed by atoms with Gasteiger partial charge in [-0.3, -0.25) is 0 Å². The highest BCUT2D eigenvalue weighted by Gasteiger charge is 2.28. The average molecular weight is 620 g/mol. The van der Waals surface area contributed by atoms with Crippen molar-refractivity contribution in [3.05, 3.63) is 88.1 Å². The van der Waals surface area contributed by atoms with E-state index in [1.807, 2.05) is 45.0 Å². The molecule has 1 atom stereocenters. The van der Waals surface area contributed by atoms with Crippen LogP contribution in [0.25, 0.3) is 11.0 Å². The standard InChI is InChI=1S/C35H39ClFN3O4/c1-35(2,3)44-34(41)24-12-14-30-31(18-24)40(20-27-15-16-42-27)32(38-30)17-22-7-9-23(10-8-22)29-5-4-6-33(39-29)43-21-25-11-13-26(36)19-28(25)37/h4-6,11-14,18-19,22-23,27H,7-10,15-17,20-21H2,1-3H3/t22?,23?,27-/m0/s1. The summed E-state index contributed by atoms with van der Waals surface area (Å²) in [6, 6.07) is 16.1. The summed E-state index contributed by atoms with van der Waals surface area (Å²) in [4.78, 5) is 22.6. The second-order valence-corrected chi connectivity index (χ2v) is 13.4. The van der Waals surface area contributed by atoms with Crippen molar-refractivity contribution < 1.29 is 23.4 Å². The van der Waals surface area contributed by atoms with E-state index in [0.717, 1.165) is 74.2 Å². The number of halogens is 2. The highest BCUT2D eigenvalue weighted by atomic mass is 35.5. The van der Waals surface area contributed by atoms with Crippen molar-refractivity contribution >= 4 is 28.6 Å². The van der Waals surface area contributed by atoms with Crippen LogP contribution in [-0.4, -0.2) is 38.8 Å². The first kappa shape index (κ1) is 30.5. The van der Waals surface area contributed by atoms with E-state index in [-0.39, 0.29) is 24.5 Å². The predicted molar refractivity (Wildman–Crippen MR) is 168 cm³/mol. The Labute approximate surface area is 262 Å². The molecule has 2 fully saturated rings. The van der Waals surface area contributed by atoms with Crippen molar-refractivity contribution in [2.24, 2.45) is 5.92 Å². The first-order valence-corrected chi connectivity index (χ1v) is 15.9. The van der Waals surface area contributed by atoms with Crippen LogP contribution in [0, 0.1) is 11.7 Å². The fourth-order valence-electron chi connectivity index (χ4n) is 6.08. The van der Waals surface area contributed by atoms with E-state index in [4.69, 9.17) is 35.8 Å². The lowest BCUT2D eigenvalue weighted by Gasteiger charge is -2.30. The number of hydrogen-bond donors (Lipinski definition) is 0. The van der Waals surface area contributed by atoms with Crippen LogP contribution in [0.2, 0.25) is 5.02 Å². The predicted octanol–water partition coefficient (Wildman–Crippen LogP) is 8.06. The largest absolute Gasteiger partial charge is 0.473 e. The van der Waals surface area contributed by atoms with Gasteiger partial charge in [0.05, 0.1) is 29.2 Å². The van der Waals surface area contributed by atoms with Crippen molar-refractivity contribution in [1.29, 1.82) is 0 Å². The maximum Gasteiger partial charge on any atom is 0.338 e. The van der Waals surface area contributed by atoms with E-state index in [1.165, 1.54) is 6.07 Å². The molecule has 1 aliphatic heterocycles. The molecule has 0 unspecified atom stereocenters. The minimum atomic E-state index is -0.559. The smallest absolute Gasteiger partial charge is 0.338 e. The van der Waals surface area contributed by atoms with Crippen LogP contribution < -0.4 is 4.74 Å². The number of hydrogen-bond acceptors (Lipinski definition) is 6. The van der Waals surface area contributed by atoms with Crippen LogP contribution in [0.3, 0.4) is 0 Å². The molecular formula is C35H39ClFN3O4. The third-order valence-electron chi connectivity index (χ3n) is 8.51. The van der Waals surface area contributed by atoms with E-state index in [9.17, 15) is 9.18 Å². The van der Waals surface area contributed by atoms with E-state index in [1.54, 1.807) is 18.2 Å². The number of pyridine rings is 1. The maximum atomic E-state index is 14.2.